The fourth-order valence-corrected chi connectivity index (χ4v) is 9.60. The number of carbonyl (C=O) groups excluding carboxylic acids is 4. The first-order valence-electron chi connectivity index (χ1n) is 21.6. The van der Waals surface area contributed by atoms with Gasteiger partial charge in [0.2, 0.25) is 5.91 Å². The molecule has 0 bridgehead atoms. The van der Waals surface area contributed by atoms with E-state index in [0.29, 0.717) is 30.4 Å². The molecule has 2 fully saturated rings. The quantitative estimate of drug-likeness (QED) is 0.112. The van der Waals surface area contributed by atoms with Crippen LogP contribution >= 0.6 is 0 Å². The number of aromatic amines is 2. The molecule has 0 saturated carbocycles. The van der Waals surface area contributed by atoms with Crippen LogP contribution in [-0.4, -0.2) is 86.6 Å². The Bertz CT molecular complexity index is 2730. The summed E-state index contributed by atoms with van der Waals surface area (Å²) in [5, 5.41) is 7.46. The molecule has 15 heteroatoms. The van der Waals surface area contributed by atoms with Crippen molar-refractivity contribution in [2.75, 3.05) is 20.8 Å². The number of hydrogen-bond acceptors (Lipinski definition) is 9. The molecule has 5 heterocycles. The second-order valence-corrected chi connectivity index (χ2v) is 17.4. The minimum atomic E-state index is -0.907. The summed E-state index contributed by atoms with van der Waals surface area (Å²) in [7, 11) is 2.58. The maximum Gasteiger partial charge on any atom is 0.407 e. The van der Waals surface area contributed by atoms with E-state index in [1.165, 1.54) is 14.2 Å². The Morgan fingerprint density at radius 2 is 1.62 bits per heavy atom. The van der Waals surface area contributed by atoms with Crippen LogP contribution in [0.1, 0.15) is 87.9 Å². The van der Waals surface area contributed by atoms with Gasteiger partial charge in [0.25, 0.3) is 5.91 Å². The Labute approximate surface area is 364 Å². The standard InChI is InChI=1S/C48H52N8O7/c1-25(2)40(53-47(59)61-5)46(58)56-27(4)12-17-37(56)44-50-35-16-14-29-20-34-32-15-13-30(19-31(32)24-63-39(34)21-33(29)42(35)52-44)36-22-49-43(51-36)38-18-26(3)23-55(38)45(57)41(54-48(60)62-6)28-10-8-7-9-11-28/h7-11,13-16,19-22,25-27,37-38,40-41H,12,17-18,23-24H2,1-6H3,(H,49,51)(H,50,52)(H,53,59)(H,54,60)/t26-,27-,37-,38?,40-,41+/m0/s1. The number of benzene rings is 4. The number of H-pyrrole nitrogens is 2. The Kier molecular flexibility index (Phi) is 11.0. The molecule has 9 rings (SSSR count). The summed E-state index contributed by atoms with van der Waals surface area (Å²) in [6.07, 6.45) is 2.78. The highest BCUT2D eigenvalue weighted by Gasteiger charge is 2.42. The molecule has 0 radical (unpaired) electrons. The summed E-state index contributed by atoms with van der Waals surface area (Å²) in [5.41, 5.74) is 7.21. The molecule has 0 spiro atoms. The van der Waals surface area contributed by atoms with Gasteiger partial charge >= 0.3 is 12.2 Å². The van der Waals surface area contributed by atoms with Crippen LogP contribution in [0.5, 0.6) is 5.75 Å². The van der Waals surface area contributed by atoms with E-state index in [4.69, 9.17) is 24.2 Å². The number of likely N-dealkylation sites (tertiary alicyclic amines) is 2. The lowest BCUT2D eigenvalue weighted by molar-refractivity contribution is -0.137. The van der Waals surface area contributed by atoms with Crippen LogP contribution in [0.15, 0.2) is 79.0 Å². The van der Waals surface area contributed by atoms with Gasteiger partial charge in [-0.15, -0.1) is 0 Å². The number of imidazole rings is 2. The highest BCUT2D eigenvalue weighted by atomic mass is 16.5. The van der Waals surface area contributed by atoms with Crippen molar-refractivity contribution in [3.05, 3.63) is 102 Å². The average molecular weight is 853 g/mol. The molecular formula is C48H52N8O7. The van der Waals surface area contributed by atoms with Gasteiger partial charge in [-0.25, -0.2) is 19.6 Å². The number of rotatable bonds is 9. The van der Waals surface area contributed by atoms with Crippen LogP contribution < -0.4 is 15.4 Å². The third kappa shape index (κ3) is 7.69. The topological polar surface area (TPSA) is 184 Å². The minimum Gasteiger partial charge on any atom is -0.488 e. The molecule has 3 aliphatic rings. The maximum atomic E-state index is 14.2. The molecule has 4 N–H and O–H groups in total. The second kappa shape index (κ2) is 16.8. The monoisotopic (exact) mass is 852 g/mol. The molecule has 4 amide bonds. The van der Waals surface area contributed by atoms with Gasteiger partial charge in [-0.05, 0) is 89.9 Å². The lowest BCUT2D eigenvalue weighted by Gasteiger charge is -2.32. The van der Waals surface area contributed by atoms with Crippen molar-refractivity contribution in [1.29, 1.82) is 0 Å². The molecular weight excluding hydrogens is 801 g/mol. The van der Waals surface area contributed by atoms with Gasteiger partial charge in [0.15, 0.2) is 0 Å². The van der Waals surface area contributed by atoms with Crippen molar-refractivity contribution in [2.45, 2.75) is 83.8 Å². The van der Waals surface area contributed by atoms with E-state index in [9.17, 15) is 19.2 Å². The van der Waals surface area contributed by atoms with Gasteiger partial charge in [0.1, 0.15) is 36.1 Å². The summed E-state index contributed by atoms with van der Waals surface area (Å²) >= 11 is 0. The number of hydrogen-bond donors (Lipinski definition) is 4. The van der Waals surface area contributed by atoms with E-state index < -0.39 is 24.3 Å². The summed E-state index contributed by atoms with van der Waals surface area (Å²) in [6, 6.07) is 21.6. The van der Waals surface area contributed by atoms with E-state index in [1.54, 1.807) is 4.90 Å². The fourth-order valence-electron chi connectivity index (χ4n) is 9.60. The van der Waals surface area contributed by atoms with E-state index in [-0.39, 0.29) is 41.8 Å². The Hall–Kier alpha value is -6.90. The molecule has 15 nitrogen and oxygen atoms in total. The number of nitrogens with one attached hydrogen (secondary N) is 4. The van der Waals surface area contributed by atoms with Gasteiger partial charge in [0.05, 0.1) is 49.2 Å². The van der Waals surface area contributed by atoms with E-state index in [2.05, 4.69) is 63.9 Å². The maximum absolute atomic E-state index is 14.2. The number of fused-ring (bicyclic) bond motifs is 6. The molecule has 326 valence electrons. The van der Waals surface area contributed by atoms with Crippen LogP contribution in [0.3, 0.4) is 0 Å². The molecule has 4 aromatic carbocycles. The Morgan fingerprint density at radius 3 is 2.38 bits per heavy atom. The molecule has 63 heavy (non-hydrogen) atoms. The predicted molar refractivity (Wildman–Crippen MR) is 236 cm³/mol. The summed E-state index contributed by atoms with van der Waals surface area (Å²) < 4.78 is 16.1. The molecule has 6 atom stereocenters. The molecule has 0 aliphatic carbocycles. The highest BCUT2D eigenvalue weighted by Crippen LogP contribution is 2.44. The van der Waals surface area contributed by atoms with Gasteiger partial charge in [-0.2, -0.15) is 0 Å². The van der Waals surface area contributed by atoms with Gasteiger partial charge in [-0.1, -0.05) is 69.3 Å². The lowest BCUT2D eigenvalue weighted by atomic mass is 9.92. The lowest BCUT2D eigenvalue weighted by Crippen LogP contribution is -2.52. The summed E-state index contributed by atoms with van der Waals surface area (Å²) in [5.74, 6) is 1.87. The summed E-state index contributed by atoms with van der Waals surface area (Å²) in [4.78, 5) is 73.2. The number of aromatic nitrogens is 4. The third-order valence-corrected chi connectivity index (χ3v) is 12.8. The first-order chi connectivity index (χ1) is 30.4. The Morgan fingerprint density at radius 1 is 0.841 bits per heavy atom. The Balaban J connectivity index is 0.967. The number of carbonyl (C=O) groups is 4. The van der Waals surface area contributed by atoms with Crippen LogP contribution in [0, 0.1) is 11.8 Å². The largest absolute Gasteiger partial charge is 0.488 e. The number of ether oxygens (including phenoxy) is 3. The van der Waals surface area contributed by atoms with Gasteiger partial charge in [0, 0.05) is 23.5 Å². The van der Waals surface area contributed by atoms with Crippen molar-refractivity contribution >= 4 is 45.8 Å². The molecule has 2 aromatic heterocycles. The zero-order valence-corrected chi connectivity index (χ0v) is 36.2. The zero-order chi connectivity index (χ0) is 44.1. The van der Waals surface area contributed by atoms with E-state index in [0.717, 1.165) is 74.8 Å². The third-order valence-electron chi connectivity index (χ3n) is 12.8. The summed E-state index contributed by atoms with van der Waals surface area (Å²) in [6.45, 7) is 8.86. The number of methoxy groups -OCH3 is 2. The van der Waals surface area contributed by atoms with Crippen molar-refractivity contribution in [2.24, 2.45) is 11.8 Å². The van der Waals surface area contributed by atoms with Crippen LogP contribution in [0.4, 0.5) is 9.59 Å². The van der Waals surface area contributed by atoms with Crippen molar-refractivity contribution in [1.82, 2.24) is 40.4 Å². The average Bonchev–Trinajstić information content (AvgIpc) is 4.12. The zero-order valence-electron chi connectivity index (χ0n) is 36.2. The fraction of sp³-hybridized carbons (Fsp3) is 0.375. The van der Waals surface area contributed by atoms with E-state index >= 15 is 0 Å². The van der Waals surface area contributed by atoms with Gasteiger partial charge < -0.3 is 44.6 Å². The SMILES string of the molecule is COC(=O)N[C@H](C(=O)N1[C@@H](C)CC[C@H]1c1nc2ccc3cc4c(cc3c2[nH]1)OCc1cc(-c2cnc(C3C[C@H](C)CN3C(=O)[C@H](NC(=O)OC)c3ccccc3)[nH]2)ccc1-4)C(C)C. The number of amides is 4. The predicted octanol–water partition coefficient (Wildman–Crippen LogP) is 8.11. The van der Waals surface area contributed by atoms with E-state index in [1.807, 2.05) is 68.3 Å². The van der Waals surface area contributed by atoms with Crippen molar-refractivity contribution in [3.8, 4) is 28.1 Å². The van der Waals surface area contributed by atoms with Crippen molar-refractivity contribution < 1.29 is 33.4 Å². The first kappa shape index (κ1) is 41.5. The van der Waals surface area contributed by atoms with Crippen LogP contribution in [0.2, 0.25) is 0 Å². The first-order valence-corrected chi connectivity index (χ1v) is 21.6. The molecule has 3 aliphatic heterocycles. The second-order valence-electron chi connectivity index (χ2n) is 17.4. The van der Waals surface area contributed by atoms with Crippen LogP contribution in [-0.2, 0) is 25.7 Å². The smallest absolute Gasteiger partial charge is 0.407 e. The number of nitrogens with zero attached hydrogens (tertiary/aromatic N) is 4. The highest BCUT2D eigenvalue weighted by molar-refractivity contribution is 6.07. The van der Waals surface area contributed by atoms with Crippen LogP contribution in [0.25, 0.3) is 44.2 Å². The minimum absolute atomic E-state index is 0.0296. The normalized spacial score (nSPS) is 20.2. The van der Waals surface area contributed by atoms with Crippen molar-refractivity contribution in [3.63, 3.8) is 0 Å². The van der Waals surface area contributed by atoms with Gasteiger partial charge in [-0.3, -0.25) is 9.59 Å². The molecule has 2 saturated heterocycles. The number of alkyl carbamates (subject to hydrolysis) is 2. The molecule has 6 aromatic rings. The molecule has 1 unspecified atom stereocenters.